The van der Waals surface area contributed by atoms with Crippen molar-refractivity contribution in [1.82, 2.24) is 9.21 Å². The van der Waals surface area contributed by atoms with Crippen LogP contribution in [0.1, 0.15) is 32.8 Å². The van der Waals surface area contributed by atoms with E-state index in [2.05, 4.69) is 50.8 Å². The summed E-state index contributed by atoms with van der Waals surface area (Å²) in [6.07, 6.45) is 0.992. The van der Waals surface area contributed by atoms with Gasteiger partial charge in [0.25, 0.3) is 5.91 Å². The van der Waals surface area contributed by atoms with E-state index in [0.29, 0.717) is 44.2 Å². The number of benzene rings is 2. The average Bonchev–Trinajstić information content (AvgIpc) is 2.89. The molecule has 2 fully saturated rings. The summed E-state index contributed by atoms with van der Waals surface area (Å²) in [6, 6.07) is 13.0. The van der Waals surface area contributed by atoms with Crippen molar-refractivity contribution in [3.05, 3.63) is 48.0 Å². The molecule has 2 aromatic carbocycles. The molecule has 0 aliphatic carbocycles. The van der Waals surface area contributed by atoms with Gasteiger partial charge in [-0.1, -0.05) is 26.0 Å². The van der Waals surface area contributed by atoms with Crippen LogP contribution in [-0.2, 0) is 19.6 Å². The van der Waals surface area contributed by atoms with Crippen LogP contribution in [0, 0.1) is 18.8 Å². The number of carbonyl (C=O) groups excluding carboxylic acids is 2. The molecule has 3 aliphatic rings. The number of hydrogen-bond acceptors (Lipinski definition) is 6. The van der Waals surface area contributed by atoms with Crippen molar-refractivity contribution in [2.24, 2.45) is 11.8 Å². The highest BCUT2D eigenvalue weighted by molar-refractivity contribution is 7.89. The minimum atomic E-state index is -3.76. The normalized spacial score (nSPS) is 24.4. The van der Waals surface area contributed by atoms with Gasteiger partial charge in [-0.05, 0) is 68.0 Å². The van der Waals surface area contributed by atoms with Crippen LogP contribution in [0.5, 0.6) is 5.75 Å². The van der Waals surface area contributed by atoms with Gasteiger partial charge in [-0.2, -0.15) is 4.31 Å². The predicted molar refractivity (Wildman–Crippen MR) is 151 cm³/mol. The minimum absolute atomic E-state index is 0.110. The number of rotatable bonds is 5. The van der Waals surface area contributed by atoms with E-state index < -0.39 is 10.0 Å². The minimum Gasteiger partial charge on any atom is -0.482 e. The molecule has 2 aromatic rings. The second kappa shape index (κ2) is 10.8. The molecule has 210 valence electrons. The van der Waals surface area contributed by atoms with Crippen molar-refractivity contribution in [3.63, 3.8) is 0 Å². The van der Waals surface area contributed by atoms with E-state index in [4.69, 9.17) is 4.74 Å². The van der Waals surface area contributed by atoms with Crippen molar-refractivity contribution in [2.75, 3.05) is 55.7 Å². The van der Waals surface area contributed by atoms with Gasteiger partial charge in [-0.15, -0.1) is 0 Å². The van der Waals surface area contributed by atoms with Crippen molar-refractivity contribution in [2.45, 2.75) is 45.1 Å². The molecule has 0 bridgehead atoms. The maximum Gasteiger partial charge on any atom is 0.265 e. The van der Waals surface area contributed by atoms with E-state index in [0.717, 1.165) is 12.1 Å². The predicted octanol–water partition coefficient (Wildman–Crippen LogP) is 3.12. The molecule has 0 spiro atoms. The molecule has 2 saturated heterocycles. The number of fused-ring (bicyclic) bond motifs is 1. The molecule has 5 rings (SSSR count). The molecular weight excluding hydrogens is 516 g/mol. The van der Waals surface area contributed by atoms with Gasteiger partial charge in [0.05, 0.1) is 10.6 Å². The molecule has 3 atom stereocenters. The summed E-state index contributed by atoms with van der Waals surface area (Å²) in [4.78, 5) is 31.9. The van der Waals surface area contributed by atoms with E-state index in [-0.39, 0.29) is 47.7 Å². The highest BCUT2D eigenvalue weighted by Gasteiger charge is 2.35. The van der Waals surface area contributed by atoms with Crippen molar-refractivity contribution in [1.29, 1.82) is 0 Å². The zero-order chi connectivity index (χ0) is 27.9. The zero-order valence-corrected chi connectivity index (χ0v) is 24.0. The maximum atomic E-state index is 13.5. The standard InChI is InChI=1S/C29H38N4O5S/c1-20-6-5-7-24(13-20)32-11-10-30(17-23(32)4)28(34)18-33-26-14-25(8-9-27(26)38-19-29(33)35)39(36,37)31-15-21(2)12-22(3)16-31/h5-9,13-14,21-23H,10-12,15-19H2,1-4H3/t21-,22+,23-/m0/s1. The number of piperazine rings is 1. The molecule has 10 heteroatoms. The number of ether oxygens (including phenoxy) is 1. The first-order valence-corrected chi connectivity index (χ1v) is 15.2. The van der Waals surface area contributed by atoms with Crippen LogP contribution in [0.15, 0.2) is 47.4 Å². The summed E-state index contributed by atoms with van der Waals surface area (Å²) >= 11 is 0. The van der Waals surface area contributed by atoms with Crippen molar-refractivity contribution < 1.29 is 22.7 Å². The number of sulfonamides is 1. The summed E-state index contributed by atoms with van der Waals surface area (Å²) in [7, 11) is -3.76. The van der Waals surface area contributed by atoms with Crippen molar-refractivity contribution >= 4 is 33.2 Å². The molecule has 3 aliphatic heterocycles. The van der Waals surface area contributed by atoms with Crippen LogP contribution in [-0.4, -0.2) is 81.4 Å². The SMILES string of the molecule is Cc1cccc(N2CCN(C(=O)CN3C(=O)COc4ccc(S(=O)(=O)N5C[C@H](C)C[C@H](C)C5)cc43)C[C@@H]2C)c1. The monoisotopic (exact) mass is 554 g/mol. The summed E-state index contributed by atoms with van der Waals surface area (Å²) in [5, 5.41) is 0. The van der Waals surface area contributed by atoms with E-state index in [1.807, 2.05) is 6.07 Å². The molecule has 0 saturated carbocycles. The fourth-order valence-electron chi connectivity index (χ4n) is 6.08. The van der Waals surface area contributed by atoms with Gasteiger partial charge in [-0.3, -0.25) is 14.5 Å². The third kappa shape index (κ3) is 5.63. The van der Waals surface area contributed by atoms with Gasteiger partial charge in [0, 0.05) is 44.5 Å². The van der Waals surface area contributed by atoms with Gasteiger partial charge >= 0.3 is 0 Å². The molecule has 0 radical (unpaired) electrons. The second-order valence-electron chi connectivity index (χ2n) is 11.4. The van der Waals surface area contributed by atoms with Gasteiger partial charge in [-0.25, -0.2) is 8.42 Å². The number of piperidine rings is 1. The Morgan fingerprint density at radius 2 is 1.74 bits per heavy atom. The van der Waals surface area contributed by atoms with Gasteiger partial charge in [0.1, 0.15) is 12.3 Å². The lowest BCUT2D eigenvalue weighted by atomic mass is 9.94. The quantitative estimate of drug-likeness (QED) is 0.564. The first kappa shape index (κ1) is 27.5. The molecule has 0 N–H and O–H groups in total. The van der Waals surface area contributed by atoms with Crippen LogP contribution < -0.4 is 14.5 Å². The lowest BCUT2D eigenvalue weighted by Crippen LogP contribution is -2.56. The highest BCUT2D eigenvalue weighted by atomic mass is 32.2. The number of carbonyl (C=O) groups is 2. The third-order valence-corrected chi connectivity index (χ3v) is 9.78. The number of amides is 2. The molecular formula is C29H38N4O5S. The van der Waals surface area contributed by atoms with E-state index in [9.17, 15) is 18.0 Å². The first-order chi connectivity index (χ1) is 18.5. The van der Waals surface area contributed by atoms with Crippen molar-refractivity contribution in [3.8, 4) is 5.75 Å². The highest BCUT2D eigenvalue weighted by Crippen LogP contribution is 2.36. The van der Waals surface area contributed by atoms with Gasteiger partial charge in [0.2, 0.25) is 15.9 Å². The largest absolute Gasteiger partial charge is 0.482 e. The first-order valence-electron chi connectivity index (χ1n) is 13.7. The molecule has 9 nitrogen and oxygen atoms in total. The van der Waals surface area contributed by atoms with Gasteiger partial charge < -0.3 is 14.5 Å². The fraction of sp³-hybridized carbons (Fsp3) is 0.517. The van der Waals surface area contributed by atoms with Crippen LogP contribution in [0.2, 0.25) is 0 Å². The van der Waals surface area contributed by atoms with Crippen LogP contribution in [0.25, 0.3) is 0 Å². The second-order valence-corrected chi connectivity index (χ2v) is 13.3. The summed E-state index contributed by atoms with van der Waals surface area (Å²) in [5.74, 6) is 0.415. The maximum absolute atomic E-state index is 13.5. The summed E-state index contributed by atoms with van der Waals surface area (Å²) in [5.41, 5.74) is 2.65. The van der Waals surface area contributed by atoms with E-state index in [1.54, 1.807) is 11.0 Å². The number of aryl methyl sites for hydroxylation is 1. The lowest BCUT2D eigenvalue weighted by molar-refractivity contribution is -0.132. The third-order valence-electron chi connectivity index (χ3n) is 7.95. The zero-order valence-electron chi connectivity index (χ0n) is 23.2. The Kier molecular flexibility index (Phi) is 7.61. The van der Waals surface area contributed by atoms with Crippen LogP contribution >= 0.6 is 0 Å². The Bertz CT molecular complexity index is 1350. The average molecular weight is 555 g/mol. The lowest BCUT2D eigenvalue weighted by Gasteiger charge is -2.42. The summed E-state index contributed by atoms with van der Waals surface area (Å²) in [6.45, 7) is 10.6. The van der Waals surface area contributed by atoms with E-state index in [1.165, 1.54) is 26.9 Å². The number of anilines is 2. The van der Waals surface area contributed by atoms with Crippen LogP contribution in [0.3, 0.4) is 0 Å². The van der Waals surface area contributed by atoms with Crippen LogP contribution in [0.4, 0.5) is 11.4 Å². The Morgan fingerprint density at radius 1 is 1.00 bits per heavy atom. The Morgan fingerprint density at radius 3 is 2.44 bits per heavy atom. The Hall–Kier alpha value is -3.11. The van der Waals surface area contributed by atoms with Gasteiger partial charge in [0.15, 0.2) is 6.61 Å². The Labute approximate surface area is 231 Å². The molecule has 0 aromatic heterocycles. The smallest absolute Gasteiger partial charge is 0.265 e. The van der Waals surface area contributed by atoms with E-state index >= 15 is 0 Å². The molecule has 3 heterocycles. The molecule has 39 heavy (non-hydrogen) atoms. The fourth-order valence-corrected chi connectivity index (χ4v) is 7.78. The topological polar surface area (TPSA) is 90.5 Å². The molecule has 0 unspecified atom stereocenters. The Balaban J connectivity index is 1.33. The summed E-state index contributed by atoms with van der Waals surface area (Å²) < 4.78 is 34.2. The molecule has 2 amide bonds. The number of nitrogens with zero attached hydrogens (tertiary/aromatic N) is 4. The number of hydrogen-bond donors (Lipinski definition) is 0.